The van der Waals surface area contributed by atoms with Crippen molar-refractivity contribution in [3.8, 4) is 11.6 Å². The van der Waals surface area contributed by atoms with Crippen LogP contribution in [0.2, 0.25) is 5.28 Å². The van der Waals surface area contributed by atoms with Crippen LogP contribution in [0.4, 0.5) is 5.69 Å². The summed E-state index contributed by atoms with van der Waals surface area (Å²) in [7, 11) is 1.75. The van der Waals surface area contributed by atoms with E-state index in [0.717, 1.165) is 5.69 Å². The van der Waals surface area contributed by atoms with Crippen molar-refractivity contribution in [1.82, 2.24) is 19.7 Å². The molecule has 0 fully saturated rings. The maximum Gasteiger partial charge on any atom is 0.352 e. The molecule has 0 spiro atoms. The van der Waals surface area contributed by atoms with E-state index in [1.165, 1.54) is 6.92 Å². The van der Waals surface area contributed by atoms with Gasteiger partial charge in [0.15, 0.2) is 5.75 Å². The molecule has 9 heteroatoms. The first-order valence-corrected chi connectivity index (χ1v) is 6.05. The quantitative estimate of drug-likeness (QED) is 0.490. The highest BCUT2D eigenvalue weighted by molar-refractivity contribution is 6.28. The molecule has 8 nitrogen and oxygen atoms in total. The fraction of sp³-hybridized carbons (Fsp3) is 0.364. The van der Waals surface area contributed by atoms with Gasteiger partial charge in [-0.2, -0.15) is 10.1 Å². The van der Waals surface area contributed by atoms with Crippen molar-refractivity contribution >= 4 is 17.3 Å². The second-order valence-corrected chi connectivity index (χ2v) is 4.55. The zero-order valence-electron chi connectivity index (χ0n) is 11.3. The monoisotopic (exact) mass is 297 g/mol. The van der Waals surface area contributed by atoms with Gasteiger partial charge in [-0.3, -0.25) is 14.8 Å². The Bertz CT molecular complexity index is 698. The van der Waals surface area contributed by atoms with Gasteiger partial charge in [0.2, 0.25) is 5.28 Å². The average Bonchev–Trinajstić information content (AvgIpc) is 2.54. The Hall–Kier alpha value is -2.22. The Morgan fingerprint density at radius 2 is 1.90 bits per heavy atom. The van der Waals surface area contributed by atoms with Crippen LogP contribution in [-0.4, -0.2) is 24.7 Å². The minimum atomic E-state index is -0.595. The fourth-order valence-electron chi connectivity index (χ4n) is 1.79. The van der Waals surface area contributed by atoms with E-state index in [1.54, 1.807) is 25.6 Å². The van der Waals surface area contributed by atoms with Crippen molar-refractivity contribution in [2.24, 2.45) is 7.05 Å². The number of hydrogen-bond acceptors (Lipinski definition) is 6. The Kier molecular flexibility index (Phi) is 3.58. The van der Waals surface area contributed by atoms with Gasteiger partial charge >= 0.3 is 11.6 Å². The average molecular weight is 298 g/mol. The first-order valence-electron chi connectivity index (χ1n) is 5.67. The molecular weight excluding hydrogens is 286 g/mol. The molecule has 2 rings (SSSR count). The number of nitrogens with zero attached hydrogens (tertiary/aromatic N) is 5. The van der Waals surface area contributed by atoms with Crippen LogP contribution < -0.4 is 4.74 Å². The summed E-state index contributed by atoms with van der Waals surface area (Å²) < 4.78 is 7.17. The van der Waals surface area contributed by atoms with Gasteiger partial charge < -0.3 is 4.74 Å². The molecule has 20 heavy (non-hydrogen) atoms. The molecule has 0 N–H and O–H groups in total. The van der Waals surface area contributed by atoms with E-state index in [9.17, 15) is 10.1 Å². The highest BCUT2D eigenvalue weighted by Gasteiger charge is 2.25. The van der Waals surface area contributed by atoms with Gasteiger partial charge in [0.05, 0.1) is 10.6 Å². The number of nitro groups is 1. The fourth-order valence-corrected chi connectivity index (χ4v) is 1.99. The Labute approximate surface area is 119 Å². The largest absolute Gasteiger partial charge is 0.430 e. The van der Waals surface area contributed by atoms with E-state index in [1.807, 2.05) is 0 Å². The number of rotatable bonds is 3. The molecule has 0 amide bonds. The summed E-state index contributed by atoms with van der Waals surface area (Å²) in [5, 5.41) is 15.2. The summed E-state index contributed by atoms with van der Waals surface area (Å²) >= 11 is 5.73. The molecule has 106 valence electrons. The zero-order valence-corrected chi connectivity index (χ0v) is 12.1. The second kappa shape index (κ2) is 5.04. The number of aryl methyl sites for hydroxylation is 3. The molecule has 0 unspecified atom stereocenters. The van der Waals surface area contributed by atoms with E-state index in [-0.39, 0.29) is 22.5 Å². The van der Waals surface area contributed by atoms with E-state index >= 15 is 0 Å². The van der Waals surface area contributed by atoms with Gasteiger partial charge in [-0.1, -0.05) is 0 Å². The van der Waals surface area contributed by atoms with Crippen molar-refractivity contribution in [2.45, 2.75) is 20.8 Å². The van der Waals surface area contributed by atoms with Crippen LogP contribution in [0.1, 0.15) is 17.1 Å². The van der Waals surface area contributed by atoms with E-state index in [2.05, 4.69) is 15.1 Å². The van der Waals surface area contributed by atoms with E-state index < -0.39 is 4.92 Å². The lowest BCUT2D eigenvalue weighted by atomic mass is 10.3. The molecule has 0 aromatic carbocycles. The summed E-state index contributed by atoms with van der Waals surface area (Å²) in [6.45, 7) is 5.00. The summed E-state index contributed by atoms with van der Waals surface area (Å²) in [6.07, 6.45) is 0. The first-order chi connectivity index (χ1) is 9.31. The Morgan fingerprint density at radius 3 is 2.40 bits per heavy atom. The molecule has 0 aliphatic carbocycles. The molecule has 2 aromatic heterocycles. The van der Waals surface area contributed by atoms with Crippen molar-refractivity contribution < 1.29 is 9.66 Å². The summed E-state index contributed by atoms with van der Waals surface area (Å²) in [5.41, 5.74) is 1.16. The van der Waals surface area contributed by atoms with Gasteiger partial charge in [-0.25, -0.2) is 4.98 Å². The van der Waals surface area contributed by atoms with Gasteiger partial charge in [-0.05, 0) is 32.4 Å². The van der Waals surface area contributed by atoms with Crippen LogP contribution >= 0.6 is 11.6 Å². The predicted octanol–water partition coefficient (Wildman–Crippen LogP) is 2.49. The van der Waals surface area contributed by atoms with Crippen LogP contribution in [0.25, 0.3) is 0 Å². The number of ether oxygens (including phenoxy) is 1. The van der Waals surface area contributed by atoms with Crippen LogP contribution in [0.15, 0.2) is 0 Å². The SMILES string of the molecule is Cc1nn(C)c(C)c1Oc1nc(Cl)nc(C)c1[N+](=O)[O-]. The first kappa shape index (κ1) is 14.2. The lowest BCUT2D eigenvalue weighted by Crippen LogP contribution is -2.02. The molecule has 2 aromatic rings. The van der Waals surface area contributed by atoms with Crippen LogP contribution in [-0.2, 0) is 7.05 Å². The number of halogens is 1. The normalized spacial score (nSPS) is 10.7. The van der Waals surface area contributed by atoms with Crippen molar-refractivity contribution in [2.75, 3.05) is 0 Å². The number of aromatic nitrogens is 4. The summed E-state index contributed by atoms with van der Waals surface area (Å²) in [4.78, 5) is 18.1. The van der Waals surface area contributed by atoms with Crippen molar-refractivity contribution in [3.05, 3.63) is 32.5 Å². The lowest BCUT2D eigenvalue weighted by Gasteiger charge is -2.07. The summed E-state index contributed by atoms with van der Waals surface area (Å²) in [6, 6.07) is 0. The maximum atomic E-state index is 11.1. The molecule has 0 atom stereocenters. The van der Waals surface area contributed by atoms with Gasteiger partial charge in [0, 0.05) is 7.05 Å². The van der Waals surface area contributed by atoms with Crippen LogP contribution in [0.3, 0.4) is 0 Å². The maximum absolute atomic E-state index is 11.1. The van der Waals surface area contributed by atoms with Crippen molar-refractivity contribution in [1.29, 1.82) is 0 Å². The molecule has 0 aliphatic heterocycles. The van der Waals surface area contributed by atoms with Crippen molar-refractivity contribution in [3.63, 3.8) is 0 Å². The standard InChI is InChI=1S/C11H12ClN5O3/c1-5-8(17(18)19)10(14-11(12)13-5)20-9-6(2)15-16(4)7(9)3/h1-4H3. The molecule has 0 saturated heterocycles. The van der Waals surface area contributed by atoms with Gasteiger partial charge in [0.1, 0.15) is 11.4 Å². The highest BCUT2D eigenvalue weighted by atomic mass is 35.5. The third kappa shape index (κ3) is 2.42. The molecule has 0 aliphatic rings. The third-order valence-electron chi connectivity index (χ3n) is 2.82. The molecule has 2 heterocycles. The van der Waals surface area contributed by atoms with E-state index in [0.29, 0.717) is 11.4 Å². The number of hydrogen-bond donors (Lipinski definition) is 0. The van der Waals surface area contributed by atoms with Crippen LogP contribution in [0.5, 0.6) is 11.6 Å². The second-order valence-electron chi connectivity index (χ2n) is 4.21. The predicted molar refractivity (Wildman–Crippen MR) is 71.2 cm³/mol. The Morgan fingerprint density at radius 1 is 1.25 bits per heavy atom. The molecule has 0 bridgehead atoms. The lowest BCUT2D eigenvalue weighted by molar-refractivity contribution is -0.386. The summed E-state index contributed by atoms with van der Waals surface area (Å²) in [5.74, 6) is 0.233. The minimum Gasteiger partial charge on any atom is -0.430 e. The minimum absolute atomic E-state index is 0.109. The Balaban J connectivity index is 2.56. The smallest absolute Gasteiger partial charge is 0.352 e. The molecule has 0 saturated carbocycles. The van der Waals surface area contributed by atoms with E-state index in [4.69, 9.17) is 16.3 Å². The van der Waals surface area contributed by atoms with Gasteiger partial charge in [-0.15, -0.1) is 0 Å². The molecular formula is C11H12ClN5O3. The zero-order chi connectivity index (χ0) is 15.0. The topological polar surface area (TPSA) is 96.0 Å². The van der Waals surface area contributed by atoms with Gasteiger partial charge in [0.25, 0.3) is 0 Å². The third-order valence-corrected chi connectivity index (χ3v) is 2.99. The molecule has 0 radical (unpaired) electrons. The van der Waals surface area contributed by atoms with Crippen LogP contribution in [0, 0.1) is 30.9 Å². The highest BCUT2D eigenvalue weighted by Crippen LogP contribution is 2.34.